The number of hydrogen-bond donors (Lipinski definition) is 0. The number of anilines is 3. The first-order valence-electron chi connectivity index (χ1n) is 20.7. The summed E-state index contributed by atoms with van der Waals surface area (Å²) in [7, 11) is 0. The molecule has 3 heteroatoms. The highest BCUT2D eigenvalue weighted by atomic mass is 16.3. The van der Waals surface area contributed by atoms with Crippen LogP contribution in [0, 0.1) is 0 Å². The van der Waals surface area contributed by atoms with Crippen LogP contribution in [0.25, 0.3) is 99.2 Å². The van der Waals surface area contributed by atoms with E-state index >= 15 is 0 Å². The van der Waals surface area contributed by atoms with Crippen LogP contribution in [-0.4, -0.2) is 0 Å². The molecule has 0 N–H and O–H groups in total. The van der Waals surface area contributed by atoms with Crippen molar-refractivity contribution in [1.82, 2.24) is 0 Å². The summed E-state index contributed by atoms with van der Waals surface area (Å²) in [5.41, 5.74) is 16.0. The lowest BCUT2D eigenvalue weighted by molar-refractivity contribution is 0.668. The van der Waals surface area contributed by atoms with E-state index in [1.807, 2.05) is 12.1 Å². The summed E-state index contributed by atoms with van der Waals surface area (Å²) >= 11 is 0. The fraction of sp³-hybridized carbons (Fsp3) is 0. The highest BCUT2D eigenvalue weighted by Crippen LogP contribution is 2.44. The molecule has 2 heterocycles. The van der Waals surface area contributed by atoms with Gasteiger partial charge in [0.15, 0.2) is 0 Å². The maximum atomic E-state index is 6.67. The van der Waals surface area contributed by atoms with Gasteiger partial charge in [0, 0.05) is 49.6 Å². The third-order valence-corrected chi connectivity index (χ3v) is 12.1. The van der Waals surface area contributed by atoms with Crippen molar-refractivity contribution in [3.8, 4) is 44.5 Å². The molecule has 3 nitrogen and oxygen atoms in total. The van der Waals surface area contributed by atoms with Gasteiger partial charge < -0.3 is 13.7 Å². The zero-order valence-electron chi connectivity index (χ0n) is 33.1. The van der Waals surface area contributed by atoms with Crippen molar-refractivity contribution in [2.45, 2.75) is 0 Å². The molecule has 0 saturated carbocycles. The van der Waals surface area contributed by atoms with Crippen LogP contribution in [0.3, 0.4) is 0 Å². The Hall–Kier alpha value is -8.14. The van der Waals surface area contributed by atoms with Crippen LogP contribution in [0.5, 0.6) is 0 Å². The standard InChI is InChI=1S/C58H37NO2/c1-3-11-38(12-4-1)40-21-29-45(30-22-40)59(46-31-23-41(24-32-46)39-13-5-2-6-14-39)47-33-25-42(26-34-47)48-17-9-15-43-28-36-54-57(56(43)48)52-35-27-44(37-55(52)60-54)49-18-10-19-51-50-16-7-8-20-53(50)61-58(49)51/h1-37H. The maximum absolute atomic E-state index is 6.67. The summed E-state index contributed by atoms with van der Waals surface area (Å²) in [4.78, 5) is 2.33. The van der Waals surface area contributed by atoms with Gasteiger partial charge in [0.2, 0.25) is 0 Å². The second-order valence-electron chi connectivity index (χ2n) is 15.6. The Kier molecular flexibility index (Phi) is 8.17. The SMILES string of the molecule is c1ccc(-c2ccc(N(c3ccc(-c4ccccc4)cc3)c3ccc(-c4cccc5ccc6oc7cc(-c8cccc9c8oc8ccccc89)ccc7c6c45)cc3)cc2)cc1. The lowest BCUT2D eigenvalue weighted by Crippen LogP contribution is -2.09. The molecular formula is C58H37NO2. The molecule has 0 atom stereocenters. The molecule has 12 aromatic rings. The third kappa shape index (κ3) is 5.98. The molecule has 286 valence electrons. The van der Waals surface area contributed by atoms with Crippen molar-refractivity contribution in [2.75, 3.05) is 4.90 Å². The molecule has 10 aromatic carbocycles. The molecule has 0 saturated heterocycles. The number of nitrogens with zero attached hydrogens (tertiary/aromatic N) is 1. The Morgan fingerprint density at radius 2 is 0.820 bits per heavy atom. The van der Waals surface area contributed by atoms with Crippen molar-refractivity contribution in [2.24, 2.45) is 0 Å². The highest BCUT2D eigenvalue weighted by molar-refractivity contribution is 6.23. The number of hydrogen-bond acceptors (Lipinski definition) is 3. The number of rotatable bonds is 7. The van der Waals surface area contributed by atoms with Gasteiger partial charge in [-0.05, 0) is 105 Å². The topological polar surface area (TPSA) is 29.5 Å². The smallest absolute Gasteiger partial charge is 0.143 e. The van der Waals surface area contributed by atoms with Gasteiger partial charge in [0.1, 0.15) is 22.3 Å². The number of fused-ring (bicyclic) bond motifs is 8. The summed E-state index contributed by atoms with van der Waals surface area (Å²) in [6, 6.07) is 79.8. The molecule has 12 rings (SSSR count). The van der Waals surface area contributed by atoms with Gasteiger partial charge in [0.05, 0.1) is 0 Å². The van der Waals surface area contributed by atoms with Gasteiger partial charge in [-0.1, -0.05) is 164 Å². The Balaban J connectivity index is 0.947. The summed E-state index contributed by atoms with van der Waals surface area (Å²) in [6.45, 7) is 0. The van der Waals surface area contributed by atoms with Crippen molar-refractivity contribution in [3.05, 3.63) is 224 Å². The largest absolute Gasteiger partial charge is 0.456 e. The fourth-order valence-corrected chi connectivity index (χ4v) is 9.13. The van der Waals surface area contributed by atoms with E-state index in [0.29, 0.717) is 0 Å². The fourth-order valence-electron chi connectivity index (χ4n) is 9.13. The molecule has 0 amide bonds. The Morgan fingerprint density at radius 3 is 1.49 bits per heavy atom. The van der Waals surface area contributed by atoms with Crippen LogP contribution in [0.1, 0.15) is 0 Å². The molecule has 0 bridgehead atoms. The average molecular weight is 780 g/mol. The zero-order valence-corrected chi connectivity index (χ0v) is 33.1. The van der Waals surface area contributed by atoms with E-state index in [-0.39, 0.29) is 0 Å². The van der Waals surface area contributed by atoms with E-state index < -0.39 is 0 Å². The molecule has 0 aliphatic rings. The lowest BCUT2D eigenvalue weighted by Gasteiger charge is -2.26. The van der Waals surface area contributed by atoms with E-state index in [0.717, 1.165) is 77.6 Å². The molecule has 61 heavy (non-hydrogen) atoms. The van der Waals surface area contributed by atoms with E-state index in [9.17, 15) is 0 Å². The minimum atomic E-state index is 0.852. The van der Waals surface area contributed by atoms with Gasteiger partial charge in [-0.2, -0.15) is 0 Å². The number of furan rings is 2. The van der Waals surface area contributed by atoms with Gasteiger partial charge >= 0.3 is 0 Å². The first kappa shape index (κ1) is 34.9. The zero-order chi connectivity index (χ0) is 40.3. The number of benzene rings is 10. The highest BCUT2D eigenvalue weighted by Gasteiger charge is 2.19. The Morgan fingerprint density at radius 1 is 0.279 bits per heavy atom. The maximum Gasteiger partial charge on any atom is 0.143 e. The van der Waals surface area contributed by atoms with Gasteiger partial charge in [-0.25, -0.2) is 0 Å². The molecular weight excluding hydrogens is 743 g/mol. The van der Waals surface area contributed by atoms with Crippen LogP contribution in [0.2, 0.25) is 0 Å². The van der Waals surface area contributed by atoms with E-state index in [1.54, 1.807) is 0 Å². The minimum Gasteiger partial charge on any atom is -0.456 e. The normalized spacial score (nSPS) is 11.6. The van der Waals surface area contributed by atoms with E-state index in [4.69, 9.17) is 8.83 Å². The monoisotopic (exact) mass is 779 g/mol. The predicted octanol–water partition coefficient (Wildman–Crippen LogP) is 16.8. The van der Waals surface area contributed by atoms with Crippen molar-refractivity contribution in [1.29, 1.82) is 0 Å². The van der Waals surface area contributed by atoms with Crippen LogP contribution in [-0.2, 0) is 0 Å². The van der Waals surface area contributed by atoms with Crippen LogP contribution in [0.15, 0.2) is 233 Å². The summed E-state index contributed by atoms with van der Waals surface area (Å²) in [5, 5.41) is 6.81. The second-order valence-corrected chi connectivity index (χ2v) is 15.6. The minimum absolute atomic E-state index is 0.852. The molecule has 0 unspecified atom stereocenters. The van der Waals surface area contributed by atoms with Crippen LogP contribution >= 0.6 is 0 Å². The molecule has 0 spiro atoms. The van der Waals surface area contributed by atoms with E-state index in [1.165, 1.54) is 38.6 Å². The van der Waals surface area contributed by atoms with Crippen molar-refractivity contribution >= 4 is 71.7 Å². The van der Waals surface area contributed by atoms with Crippen molar-refractivity contribution < 1.29 is 8.83 Å². The summed E-state index contributed by atoms with van der Waals surface area (Å²) in [5.74, 6) is 0. The number of para-hydroxylation sites is 2. The summed E-state index contributed by atoms with van der Waals surface area (Å²) in [6.07, 6.45) is 0. The second kappa shape index (κ2) is 14.3. The first-order valence-corrected chi connectivity index (χ1v) is 20.7. The van der Waals surface area contributed by atoms with Gasteiger partial charge in [-0.3, -0.25) is 0 Å². The molecule has 0 aliphatic heterocycles. The molecule has 0 fully saturated rings. The Bertz CT molecular complexity index is 3460. The van der Waals surface area contributed by atoms with E-state index in [2.05, 4.69) is 217 Å². The van der Waals surface area contributed by atoms with Crippen LogP contribution in [0.4, 0.5) is 17.1 Å². The third-order valence-electron chi connectivity index (χ3n) is 12.1. The molecule has 2 aromatic heterocycles. The Labute approximate surface area is 353 Å². The van der Waals surface area contributed by atoms with Gasteiger partial charge in [0.25, 0.3) is 0 Å². The van der Waals surface area contributed by atoms with Crippen molar-refractivity contribution in [3.63, 3.8) is 0 Å². The molecule has 0 radical (unpaired) electrons. The predicted molar refractivity (Wildman–Crippen MR) is 255 cm³/mol. The first-order chi connectivity index (χ1) is 30.2. The van der Waals surface area contributed by atoms with Gasteiger partial charge in [-0.15, -0.1) is 0 Å². The van der Waals surface area contributed by atoms with Crippen LogP contribution < -0.4 is 4.90 Å². The average Bonchev–Trinajstić information content (AvgIpc) is 3.91. The summed E-state index contributed by atoms with van der Waals surface area (Å²) < 4.78 is 13.1. The quantitative estimate of drug-likeness (QED) is 0.161. The lowest BCUT2D eigenvalue weighted by atomic mass is 9.94. The molecule has 0 aliphatic carbocycles.